The molecule has 0 saturated heterocycles. The third-order valence-electron chi connectivity index (χ3n) is 4.10. The molecule has 4 heteroatoms. The lowest BCUT2D eigenvalue weighted by molar-refractivity contribution is 0.304. The summed E-state index contributed by atoms with van der Waals surface area (Å²) in [6, 6.07) is 24.5. The van der Waals surface area contributed by atoms with Crippen LogP contribution in [0.15, 0.2) is 92.5 Å². The largest absolute Gasteiger partial charge is 0.488 e. The molecule has 0 bridgehead atoms. The van der Waals surface area contributed by atoms with E-state index in [1.807, 2.05) is 60.7 Å². The van der Waals surface area contributed by atoms with Crippen molar-refractivity contribution in [3.05, 3.63) is 99.1 Å². The third-order valence-corrected chi connectivity index (χ3v) is 4.85. The predicted octanol–water partition coefficient (Wildman–Crippen LogP) is 5.80. The topological polar surface area (TPSA) is 39.4 Å². The Bertz CT molecular complexity index is 1100. The van der Waals surface area contributed by atoms with Crippen LogP contribution in [-0.4, -0.2) is 0 Å². The fourth-order valence-electron chi connectivity index (χ4n) is 2.76. The maximum Gasteiger partial charge on any atom is 0.193 e. The Balaban J connectivity index is 1.75. The van der Waals surface area contributed by atoms with Crippen LogP contribution >= 0.6 is 15.9 Å². The molecule has 0 amide bonds. The van der Waals surface area contributed by atoms with E-state index in [1.165, 1.54) is 6.07 Å². The Morgan fingerprint density at radius 1 is 0.885 bits per heavy atom. The first kappa shape index (κ1) is 16.6. The minimum atomic E-state index is -0.0830. The van der Waals surface area contributed by atoms with Gasteiger partial charge in [0, 0.05) is 11.6 Å². The quantitative estimate of drug-likeness (QED) is 0.429. The molecule has 1 aromatic heterocycles. The molecule has 0 aliphatic heterocycles. The fourth-order valence-corrected chi connectivity index (χ4v) is 3.30. The maximum atomic E-state index is 12.5. The van der Waals surface area contributed by atoms with Gasteiger partial charge in [-0.3, -0.25) is 4.79 Å². The van der Waals surface area contributed by atoms with Crippen LogP contribution in [0.3, 0.4) is 0 Å². The minimum absolute atomic E-state index is 0.0830. The second kappa shape index (κ2) is 7.18. The SMILES string of the molecule is O=c1cc(-c2ccccc2)oc2c(Br)c(OCc3ccccc3)ccc12. The second-order valence-electron chi connectivity index (χ2n) is 5.87. The van der Waals surface area contributed by atoms with Gasteiger partial charge in [-0.15, -0.1) is 0 Å². The number of halogens is 1. The first-order valence-electron chi connectivity index (χ1n) is 8.21. The summed E-state index contributed by atoms with van der Waals surface area (Å²) in [6.07, 6.45) is 0. The van der Waals surface area contributed by atoms with Gasteiger partial charge < -0.3 is 9.15 Å². The monoisotopic (exact) mass is 406 g/mol. The van der Waals surface area contributed by atoms with Crippen LogP contribution in [0.2, 0.25) is 0 Å². The van der Waals surface area contributed by atoms with Gasteiger partial charge in [0.15, 0.2) is 11.0 Å². The molecule has 0 spiro atoms. The van der Waals surface area contributed by atoms with Crippen LogP contribution in [0.4, 0.5) is 0 Å². The van der Waals surface area contributed by atoms with Crippen molar-refractivity contribution in [2.45, 2.75) is 6.61 Å². The van der Waals surface area contributed by atoms with Crippen molar-refractivity contribution < 1.29 is 9.15 Å². The fraction of sp³-hybridized carbons (Fsp3) is 0.0455. The molecule has 0 aliphatic carbocycles. The lowest BCUT2D eigenvalue weighted by Crippen LogP contribution is -2.02. The van der Waals surface area contributed by atoms with Gasteiger partial charge in [-0.2, -0.15) is 0 Å². The highest BCUT2D eigenvalue weighted by Gasteiger charge is 2.13. The van der Waals surface area contributed by atoms with Gasteiger partial charge in [-0.1, -0.05) is 60.7 Å². The van der Waals surface area contributed by atoms with E-state index < -0.39 is 0 Å². The van der Waals surface area contributed by atoms with E-state index in [2.05, 4.69) is 15.9 Å². The molecule has 0 fully saturated rings. The van der Waals surface area contributed by atoms with Gasteiger partial charge >= 0.3 is 0 Å². The highest BCUT2D eigenvalue weighted by molar-refractivity contribution is 9.10. The van der Waals surface area contributed by atoms with E-state index in [4.69, 9.17) is 9.15 Å². The molecule has 0 atom stereocenters. The van der Waals surface area contributed by atoms with Crippen LogP contribution in [-0.2, 0) is 6.61 Å². The Morgan fingerprint density at radius 2 is 1.58 bits per heavy atom. The van der Waals surface area contributed by atoms with Crippen molar-refractivity contribution in [1.29, 1.82) is 0 Å². The lowest BCUT2D eigenvalue weighted by atomic mass is 10.1. The molecule has 0 unspecified atom stereocenters. The van der Waals surface area contributed by atoms with E-state index in [0.717, 1.165) is 11.1 Å². The summed E-state index contributed by atoms with van der Waals surface area (Å²) in [7, 11) is 0. The van der Waals surface area contributed by atoms with Crippen LogP contribution in [0.1, 0.15) is 5.56 Å². The highest BCUT2D eigenvalue weighted by Crippen LogP contribution is 2.34. The Labute approximate surface area is 159 Å². The number of rotatable bonds is 4. The summed E-state index contributed by atoms with van der Waals surface area (Å²) in [5.41, 5.74) is 2.33. The van der Waals surface area contributed by atoms with Crippen molar-refractivity contribution in [3.8, 4) is 17.1 Å². The lowest BCUT2D eigenvalue weighted by Gasteiger charge is -2.10. The van der Waals surface area contributed by atoms with Gasteiger partial charge in [0.05, 0.1) is 5.39 Å². The maximum absolute atomic E-state index is 12.5. The number of ether oxygens (including phenoxy) is 1. The average Bonchev–Trinajstić information content (AvgIpc) is 2.69. The van der Waals surface area contributed by atoms with Crippen molar-refractivity contribution in [2.24, 2.45) is 0 Å². The molecule has 128 valence electrons. The number of hydrogen-bond donors (Lipinski definition) is 0. The molecule has 4 rings (SSSR count). The molecule has 26 heavy (non-hydrogen) atoms. The molecule has 0 radical (unpaired) electrons. The molecular weight excluding hydrogens is 392 g/mol. The van der Waals surface area contributed by atoms with Crippen LogP contribution in [0, 0.1) is 0 Å². The van der Waals surface area contributed by atoms with Gasteiger partial charge in [-0.25, -0.2) is 0 Å². The smallest absolute Gasteiger partial charge is 0.193 e. The summed E-state index contributed by atoms with van der Waals surface area (Å²) >= 11 is 3.54. The normalized spacial score (nSPS) is 10.8. The van der Waals surface area contributed by atoms with Gasteiger partial charge in [0.25, 0.3) is 0 Å². The zero-order valence-electron chi connectivity index (χ0n) is 13.8. The zero-order valence-corrected chi connectivity index (χ0v) is 15.4. The van der Waals surface area contributed by atoms with E-state index in [9.17, 15) is 4.79 Å². The summed E-state index contributed by atoms with van der Waals surface area (Å²) in [6.45, 7) is 0.438. The number of benzene rings is 3. The minimum Gasteiger partial charge on any atom is -0.488 e. The summed E-state index contributed by atoms with van der Waals surface area (Å²) in [5.74, 6) is 1.17. The molecule has 0 N–H and O–H groups in total. The highest BCUT2D eigenvalue weighted by atomic mass is 79.9. The van der Waals surface area contributed by atoms with E-state index >= 15 is 0 Å². The zero-order chi connectivity index (χ0) is 17.9. The summed E-state index contributed by atoms with van der Waals surface area (Å²) in [5, 5.41) is 0.517. The van der Waals surface area contributed by atoms with Crippen molar-refractivity contribution in [1.82, 2.24) is 0 Å². The van der Waals surface area contributed by atoms with Gasteiger partial charge in [0.2, 0.25) is 0 Å². The number of fused-ring (bicyclic) bond motifs is 1. The number of hydrogen-bond acceptors (Lipinski definition) is 3. The van der Waals surface area contributed by atoms with Crippen molar-refractivity contribution >= 4 is 26.9 Å². The standard InChI is InChI=1S/C22H15BrO3/c23-21-19(25-14-15-7-3-1-4-8-15)12-11-17-18(24)13-20(26-22(17)21)16-9-5-2-6-10-16/h1-13H,14H2. The molecular formula is C22H15BrO3. The molecule has 3 aromatic carbocycles. The first-order chi connectivity index (χ1) is 12.7. The average molecular weight is 407 g/mol. The van der Waals surface area contributed by atoms with Crippen molar-refractivity contribution in [3.63, 3.8) is 0 Å². The Morgan fingerprint density at radius 3 is 2.31 bits per heavy atom. The van der Waals surface area contributed by atoms with E-state index in [0.29, 0.717) is 33.6 Å². The first-order valence-corrected chi connectivity index (χ1v) is 9.00. The van der Waals surface area contributed by atoms with E-state index in [1.54, 1.807) is 12.1 Å². The van der Waals surface area contributed by atoms with Gasteiger partial charge in [0.1, 0.15) is 22.6 Å². The van der Waals surface area contributed by atoms with Crippen LogP contribution < -0.4 is 10.2 Å². The van der Waals surface area contributed by atoms with Gasteiger partial charge in [-0.05, 0) is 33.6 Å². The Hall–Kier alpha value is -2.85. The van der Waals surface area contributed by atoms with Crippen molar-refractivity contribution in [2.75, 3.05) is 0 Å². The molecule has 0 aliphatic rings. The molecule has 1 heterocycles. The molecule has 3 nitrogen and oxygen atoms in total. The summed E-state index contributed by atoms with van der Waals surface area (Å²) < 4.78 is 12.6. The molecule has 0 saturated carbocycles. The Kier molecular flexibility index (Phi) is 4.59. The van der Waals surface area contributed by atoms with Crippen LogP contribution in [0.25, 0.3) is 22.3 Å². The third kappa shape index (κ3) is 3.28. The molecule has 4 aromatic rings. The second-order valence-corrected chi connectivity index (χ2v) is 6.66. The summed E-state index contributed by atoms with van der Waals surface area (Å²) in [4.78, 5) is 12.5. The predicted molar refractivity (Wildman–Crippen MR) is 106 cm³/mol. The van der Waals surface area contributed by atoms with E-state index in [-0.39, 0.29) is 5.43 Å². The van der Waals surface area contributed by atoms with Crippen LogP contribution in [0.5, 0.6) is 5.75 Å².